The Labute approximate surface area is 113 Å². The Hall–Kier alpha value is -1.68. The summed E-state index contributed by atoms with van der Waals surface area (Å²) in [6.07, 6.45) is 4.48. The van der Waals surface area contributed by atoms with Gasteiger partial charge in [-0.3, -0.25) is 0 Å². The zero-order valence-corrected chi connectivity index (χ0v) is 11.6. The molecule has 2 atom stereocenters. The molecule has 2 rings (SSSR count). The predicted octanol–water partition coefficient (Wildman–Crippen LogP) is 3.66. The molecule has 4 heteroatoms. The maximum atomic E-state index is 13.6. The third kappa shape index (κ3) is 3.20. The lowest BCUT2D eigenvalue weighted by molar-refractivity contribution is 0.440. The fourth-order valence-corrected chi connectivity index (χ4v) is 2.13. The number of aromatic nitrogens is 2. The van der Waals surface area contributed by atoms with Crippen molar-refractivity contribution in [3.05, 3.63) is 53.4 Å². The van der Waals surface area contributed by atoms with E-state index >= 15 is 0 Å². The van der Waals surface area contributed by atoms with Crippen LogP contribution < -0.4 is 5.32 Å². The minimum atomic E-state index is -0.155. The molecular formula is C15H20FN3. The highest BCUT2D eigenvalue weighted by molar-refractivity contribution is 5.25. The predicted molar refractivity (Wildman–Crippen MR) is 74.3 cm³/mol. The van der Waals surface area contributed by atoms with Crippen molar-refractivity contribution in [2.45, 2.75) is 39.3 Å². The summed E-state index contributed by atoms with van der Waals surface area (Å²) in [6.45, 7) is 5.91. The summed E-state index contributed by atoms with van der Waals surface area (Å²) in [4.78, 5) is 7.39. The van der Waals surface area contributed by atoms with Crippen molar-refractivity contribution in [2.24, 2.45) is 0 Å². The molecule has 0 aliphatic rings. The van der Waals surface area contributed by atoms with Crippen LogP contribution in [0.5, 0.6) is 0 Å². The highest BCUT2D eigenvalue weighted by atomic mass is 19.1. The van der Waals surface area contributed by atoms with Crippen LogP contribution in [0, 0.1) is 12.7 Å². The van der Waals surface area contributed by atoms with Crippen LogP contribution in [0.3, 0.4) is 0 Å². The van der Waals surface area contributed by atoms with Gasteiger partial charge in [0.05, 0.1) is 6.04 Å². The van der Waals surface area contributed by atoms with Crippen LogP contribution in [0.25, 0.3) is 0 Å². The van der Waals surface area contributed by atoms with Crippen LogP contribution in [-0.4, -0.2) is 9.97 Å². The standard InChI is InChI=1S/C15H20FN3/c1-4-14(15-17-7-8-18-15)19-11(3)12-6-5-10(2)13(16)9-12/h5-9,11,14,19H,4H2,1-3H3,(H,17,18). The first-order valence-corrected chi connectivity index (χ1v) is 6.63. The molecular weight excluding hydrogens is 241 g/mol. The van der Waals surface area contributed by atoms with E-state index < -0.39 is 0 Å². The molecule has 0 fully saturated rings. The summed E-state index contributed by atoms with van der Waals surface area (Å²) < 4.78 is 13.6. The maximum absolute atomic E-state index is 13.6. The van der Waals surface area contributed by atoms with Gasteiger partial charge in [-0.05, 0) is 37.5 Å². The maximum Gasteiger partial charge on any atom is 0.126 e. The average Bonchev–Trinajstić information content (AvgIpc) is 2.92. The molecule has 102 valence electrons. The number of nitrogens with one attached hydrogen (secondary N) is 2. The number of halogens is 1. The van der Waals surface area contributed by atoms with E-state index in [9.17, 15) is 4.39 Å². The summed E-state index contributed by atoms with van der Waals surface area (Å²) in [5, 5.41) is 3.47. The molecule has 0 amide bonds. The summed E-state index contributed by atoms with van der Waals surface area (Å²) in [7, 11) is 0. The largest absolute Gasteiger partial charge is 0.347 e. The lowest BCUT2D eigenvalue weighted by atomic mass is 10.0. The Morgan fingerprint density at radius 3 is 2.79 bits per heavy atom. The van der Waals surface area contributed by atoms with Crippen molar-refractivity contribution in [2.75, 3.05) is 0 Å². The number of H-pyrrole nitrogens is 1. The molecule has 1 heterocycles. The van der Waals surface area contributed by atoms with E-state index in [0.717, 1.165) is 17.8 Å². The molecule has 0 saturated heterocycles. The van der Waals surface area contributed by atoms with Gasteiger partial charge in [0.25, 0.3) is 0 Å². The third-order valence-electron chi connectivity index (χ3n) is 3.40. The van der Waals surface area contributed by atoms with E-state index in [1.807, 2.05) is 25.3 Å². The molecule has 1 aromatic carbocycles. The number of imidazole rings is 1. The van der Waals surface area contributed by atoms with Crippen LogP contribution in [0.2, 0.25) is 0 Å². The zero-order valence-electron chi connectivity index (χ0n) is 11.6. The van der Waals surface area contributed by atoms with Crippen LogP contribution in [-0.2, 0) is 0 Å². The number of benzene rings is 1. The zero-order chi connectivity index (χ0) is 13.8. The molecule has 0 aliphatic carbocycles. The average molecular weight is 261 g/mol. The van der Waals surface area contributed by atoms with Crippen molar-refractivity contribution in [3.63, 3.8) is 0 Å². The van der Waals surface area contributed by atoms with Gasteiger partial charge in [0.2, 0.25) is 0 Å². The van der Waals surface area contributed by atoms with Crippen molar-refractivity contribution >= 4 is 0 Å². The van der Waals surface area contributed by atoms with Crippen molar-refractivity contribution < 1.29 is 4.39 Å². The van der Waals surface area contributed by atoms with Crippen LogP contribution in [0.1, 0.15) is 49.3 Å². The number of hydrogen-bond donors (Lipinski definition) is 2. The summed E-state index contributed by atoms with van der Waals surface area (Å²) in [5.41, 5.74) is 1.63. The van der Waals surface area contributed by atoms with Gasteiger partial charge in [0.1, 0.15) is 11.6 Å². The smallest absolute Gasteiger partial charge is 0.126 e. The Kier molecular flexibility index (Phi) is 4.32. The summed E-state index contributed by atoms with van der Waals surface area (Å²) in [6, 6.07) is 5.60. The SMILES string of the molecule is CCC(NC(C)c1ccc(C)c(F)c1)c1ncc[nH]1. The summed E-state index contributed by atoms with van der Waals surface area (Å²) in [5.74, 6) is 0.763. The van der Waals surface area contributed by atoms with Gasteiger partial charge in [-0.25, -0.2) is 9.37 Å². The molecule has 0 bridgehead atoms. The molecule has 0 aliphatic heterocycles. The Bertz CT molecular complexity index is 522. The second-order valence-electron chi connectivity index (χ2n) is 4.83. The lowest BCUT2D eigenvalue weighted by Crippen LogP contribution is -2.25. The van der Waals surface area contributed by atoms with E-state index in [0.29, 0.717) is 5.56 Å². The first-order chi connectivity index (χ1) is 9.11. The molecule has 0 saturated carbocycles. The van der Waals surface area contributed by atoms with Gasteiger partial charge in [-0.15, -0.1) is 0 Å². The second-order valence-corrected chi connectivity index (χ2v) is 4.83. The Balaban J connectivity index is 2.11. The van der Waals surface area contributed by atoms with Gasteiger partial charge in [-0.1, -0.05) is 19.1 Å². The van der Waals surface area contributed by atoms with Crippen molar-refractivity contribution in [1.29, 1.82) is 0 Å². The third-order valence-corrected chi connectivity index (χ3v) is 3.40. The van der Waals surface area contributed by atoms with Gasteiger partial charge in [0, 0.05) is 18.4 Å². The number of aromatic amines is 1. The number of nitrogens with zero attached hydrogens (tertiary/aromatic N) is 1. The van der Waals surface area contributed by atoms with Gasteiger partial charge in [-0.2, -0.15) is 0 Å². The number of hydrogen-bond acceptors (Lipinski definition) is 2. The highest BCUT2D eigenvalue weighted by Crippen LogP contribution is 2.21. The topological polar surface area (TPSA) is 40.7 Å². The highest BCUT2D eigenvalue weighted by Gasteiger charge is 2.16. The first kappa shape index (κ1) is 13.7. The molecule has 2 aromatic rings. The monoisotopic (exact) mass is 261 g/mol. The molecule has 2 N–H and O–H groups in total. The quantitative estimate of drug-likeness (QED) is 0.862. The molecule has 2 unspecified atom stereocenters. The molecule has 0 radical (unpaired) electrons. The van der Waals surface area contributed by atoms with Gasteiger partial charge < -0.3 is 10.3 Å². The van der Waals surface area contributed by atoms with E-state index in [-0.39, 0.29) is 17.9 Å². The van der Waals surface area contributed by atoms with Crippen LogP contribution >= 0.6 is 0 Å². The van der Waals surface area contributed by atoms with Crippen molar-refractivity contribution in [1.82, 2.24) is 15.3 Å². The summed E-state index contributed by atoms with van der Waals surface area (Å²) >= 11 is 0. The molecule has 0 spiro atoms. The number of aryl methyl sites for hydroxylation is 1. The fraction of sp³-hybridized carbons (Fsp3) is 0.400. The van der Waals surface area contributed by atoms with Gasteiger partial charge in [0.15, 0.2) is 0 Å². The second kappa shape index (κ2) is 5.97. The van der Waals surface area contributed by atoms with E-state index in [4.69, 9.17) is 0 Å². The Morgan fingerprint density at radius 2 is 2.21 bits per heavy atom. The minimum Gasteiger partial charge on any atom is -0.347 e. The van der Waals surface area contributed by atoms with E-state index in [1.165, 1.54) is 0 Å². The lowest BCUT2D eigenvalue weighted by Gasteiger charge is -2.21. The normalized spacial score (nSPS) is 14.3. The first-order valence-electron chi connectivity index (χ1n) is 6.63. The van der Waals surface area contributed by atoms with Crippen molar-refractivity contribution in [3.8, 4) is 0 Å². The molecule has 1 aromatic heterocycles. The van der Waals surface area contributed by atoms with E-state index in [2.05, 4.69) is 22.2 Å². The molecule has 19 heavy (non-hydrogen) atoms. The Morgan fingerprint density at radius 1 is 1.42 bits per heavy atom. The molecule has 3 nitrogen and oxygen atoms in total. The van der Waals surface area contributed by atoms with Crippen LogP contribution in [0.15, 0.2) is 30.6 Å². The van der Waals surface area contributed by atoms with Crippen LogP contribution in [0.4, 0.5) is 4.39 Å². The fourth-order valence-electron chi connectivity index (χ4n) is 2.13. The number of rotatable bonds is 5. The van der Waals surface area contributed by atoms with Gasteiger partial charge >= 0.3 is 0 Å². The van der Waals surface area contributed by atoms with E-state index in [1.54, 1.807) is 19.2 Å². The minimum absolute atomic E-state index is 0.0742.